The van der Waals surface area contributed by atoms with E-state index in [9.17, 15) is 4.79 Å². The second-order valence-electron chi connectivity index (χ2n) is 5.47. The molecule has 4 nitrogen and oxygen atoms in total. The maximum Gasteiger partial charge on any atom is 0.277 e. The van der Waals surface area contributed by atoms with Gasteiger partial charge < -0.3 is 4.74 Å². The van der Waals surface area contributed by atoms with Gasteiger partial charge in [0.15, 0.2) is 6.61 Å². The molecule has 1 saturated carbocycles. The molecule has 1 fully saturated rings. The molecule has 1 aliphatic carbocycles. The topological polar surface area (TPSA) is 50.7 Å². The Hall–Kier alpha value is -0.970. The highest BCUT2D eigenvalue weighted by Crippen LogP contribution is 2.33. The Balaban J connectivity index is 1.84. The SMILES string of the molecule is O=C(COc1cc(Cl)c(Cl)cc1Cl)NN=C1CCCCCCC1. The van der Waals surface area contributed by atoms with E-state index in [1.54, 1.807) is 0 Å². The Morgan fingerprint density at radius 1 is 1.00 bits per heavy atom. The molecule has 2 rings (SSSR count). The number of halogens is 3. The molecule has 0 atom stereocenters. The summed E-state index contributed by atoms with van der Waals surface area (Å²) in [7, 11) is 0. The molecule has 0 saturated heterocycles. The van der Waals surface area contributed by atoms with Crippen molar-refractivity contribution >= 4 is 46.4 Å². The zero-order valence-electron chi connectivity index (χ0n) is 12.7. The Morgan fingerprint density at radius 3 is 2.30 bits per heavy atom. The number of nitrogens with one attached hydrogen (secondary N) is 1. The van der Waals surface area contributed by atoms with Gasteiger partial charge in [0.1, 0.15) is 5.75 Å². The third-order valence-electron chi connectivity index (χ3n) is 3.60. The molecule has 7 heteroatoms. The first-order valence-corrected chi connectivity index (χ1v) is 8.81. The molecule has 1 amide bonds. The van der Waals surface area contributed by atoms with Crippen LogP contribution < -0.4 is 10.2 Å². The summed E-state index contributed by atoms with van der Waals surface area (Å²) in [6, 6.07) is 2.97. The van der Waals surface area contributed by atoms with Crippen LogP contribution in [-0.4, -0.2) is 18.2 Å². The second-order valence-corrected chi connectivity index (χ2v) is 6.69. The summed E-state index contributed by atoms with van der Waals surface area (Å²) in [6.07, 6.45) is 7.89. The Bertz CT molecular complexity index is 581. The van der Waals surface area contributed by atoms with E-state index in [1.807, 2.05) is 0 Å². The second kappa shape index (κ2) is 9.36. The number of hydrogen-bond donors (Lipinski definition) is 1. The van der Waals surface area contributed by atoms with Gasteiger partial charge in [0.05, 0.1) is 15.1 Å². The molecule has 0 unspecified atom stereocenters. The number of nitrogens with zero attached hydrogens (tertiary/aromatic N) is 1. The summed E-state index contributed by atoms with van der Waals surface area (Å²) in [5.74, 6) is -0.0171. The van der Waals surface area contributed by atoms with Crippen molar-refractivity contribution in [2.45, 2.75) is 44.9 Å². The lowest BCUT2D eigenvalue weighted by Crippen LogP contribution is -2.26. The predicted octanol–water partition coefficient (Wildman–Crippen LogP) is 5.24. The van der Waals surface area contributed by atoms with Gasteiger partial charge in [-0.3, -0.25) is 4.79 Å². The number of amides is 1. The third kappa shape index (κ3) is 6.21. The molecular formula is C16H19Cl3N2O2. The van der Waals surface area contributed by atoms with Gasteiger partial charge in [-0.15, -0.1) is 0 Å². The quantitative estimate of drug-likeness (QED) is 0.576. The normalized spacial score (nSPS) is 15.5. The van der Waals surface area contributed by atoms with Crippen molar-refractivity contribution in [1.82, 2.24) is 5.43 Å². The lowest BCUT2D eigenvalue weighted by molar-refractivity contribution is -0.123. The number of carbonyl (C=O) groups is 1. The van der Waals surface area contributed by atoms with Gasteiger partial charge in [-0.1, -0.05) is 54.1 Å². The molecular weight excluding hydrogens is 359 g/mol. The lowest BCUT2D eigenvalue weighted by atomic mass is 9.99. The van der Waals surface area contributed by atoms with Crippen molar-refractivity contribution in [2.24, 2.45) is 5.10 Å². The largest absolute Gasteiger partial charge is 0.482 e. The van der Waals surface area contributed by atoms with E-state index in [1.165, 1.54) is 31.4 Å². The molecule has 23 heavy (non-hydrogen) atoms. The predicted molar refractivity (Wildman–Crippen MR) is 94.9 cm³/mol. The molecule has 1 aliphatic rings. The lowest BCUT2D eigenvalue weighted by Gasteiger charge is -2.11. The number of carbonyl (C=O) groups excluding carboxylic acids is 1. The van der Waals surface area contributed by atoms with Gasteiger partial charge in [-0.2, -0.15) is 5.10 Å². The van der Waals surface area contributed by atoms with E-state index in [4.69, 9.17) is 39.5 Å². The first kappa shape index (κ1) is 18.4. The van der Waals surface area contributed by atoms with E-state index in [-0.39, 0.29) is 12.5 Å². The van der Waals surface area contributed by atoms with Gasteiger partial charge in [-0.25, -0.2) is 5.43 Å². The van der Waals surface area contributed by atoms with Crippen LogP contribution in [-0.2, 0) is 4.79 Å². The average molecular weight is 378 g/mol. The molecule has 0 aliphatic heterocycles. The summed E-state index contributed by atoms with van der Waals surface area (Å²) in [5.41, 5.74) is 3.59. The standard InChI is InChI=1S/C16H19Cl3N2O2/c17-12-8-14(19)15(9-13(12)18)23-10-16(22)21-20-11-6-4-2-1-3-5-7-11/h8-9H,1-7,10H2,(H,21,22). The summed E-state index contributed by atoms with van der Waals surface area (Å²) in [6.45, 7) is -0.186. The third-order valence-corrected chi connectivity index (χ3v) is 4.62. The number of hydrazone groups is 1. The van der Waals surface area contributed by atoms with E-state index in [2.05, 4.69) is 10.5 Å². The van der Waals surface area contributed by atoms with Crippen LogP contribution in [0.2, 0.25) is 15.1 Å². The Kier molecular flexibility index (Phi) is 7.47. The van der Waals surface area contributed by atoms with Crippen molar-refractivity contribution in [3.05, 3.63) is 27.2 Å². The number of hydrogen-bond acceptors (Lipinski definition) is 3. The van der Waals surface area contributed by atoms with Crippen molar-refractivity contribution in [2.75, 3.05) is 6.61 Å². The molecule has 126 valence electrons. The molecule has 0 radical (unpaired) electrons. The van der Waals surface area contributed by atoms with Crippen molar-refractivity contribution in [1.29, 1.82) is 0 Å². The molecule has 1 aromatic carbocycles. The molecule has 0 heterocycles. The highest BCUT2D eigenvalue weighted by Gasteiger charge is 2.10. The van der Waals surface area contributed by atoms with E-state index in [0.29, 0.717) is 20.8 Å². The Morgan fingerprint density at radius 2 is 1.61 bits per heavy atom. The summed E-state index contributed by atoms with van der Waals surface area (Å²) in [4.78, 5) is 11.8. The monoisotopic (exact) mass is 376 g/mol. The van der Waals surface area contributed by atoms with Crippen LogP contribution in [0.1, 0.15) is 44.9 Å². The highest BCUT2D eigenvalue weighted by molar-refractivity contribution is 6.43. The fraction of sp³-hybridized carbons (Fsp3) is 0.500. The van der Waals surface area contributed by atoms with Gasteiger partial charge in [0.2, 0.25) is 0 Å². The van der Waals surface area contributed by atoms with Crippen molar-refractivity contribution in [3.63, 3.8) is 0 Å². The Labute approximate surface area is 151 Å². The number of ether oxygens (including phenoxy) is 1. The number of benzene rings is 1. The van der Waals surface area contributed by atoms with Crippen molar-refractivity contribution < 1.29 is 9.53 Å². The summed E-state index contributed by atoms with van der Waals surface area (Å²) < 4.78 is 5.36. The van der Waals surface area contributed by atoms with Gasteiger partial charge >= 0.3 is 0 Å². The fourth-order valence-corrected chi connectivity index (χ4v) is 2.95. The molecule has 0 aromatic heterocycles. The van der Waals surface area contributed by atoms with Crippen LogP contribution in [0.15, 0.2) is 17.2 Å². The molecule has 0 bridgehead atoms. The van der Waals surface area contributed by atoms with Crippen LogP contribution in [0.4, 0.5) is 0 Å². The minimum Gasteiger partial charge on any atom is -0.482 e. The first-order valence-electron chi connectivity index (χ1n) is 7.68. The van der Waals surface area contributed by atoms with E-state index >= 15 is 0 Å². The van der Waals surface area contributed by atoms with Crippen LogP contribution in [0, 0.1) is 0 Å². The van der Waals surface area contributed by atoms with Crippen LogP contribution >= 0.6 is 34.8 Å². The van der Waals surface area contributed by atoms with Gasteiger partial charge in [0.25, 0.3) is 5.91 Å². The van der Waals surface area contributed by atoms with E-state index in [0.717, 1.165) is 31.4 Å². The number of rotatable bonds is 4. The molecule has 1 N–H and O–H groups in total. The zero-order valence-corrected chi connectivity index (χ0v) is 15.0. The van der Waals surface area contributed by atoms with Gasteiger partial charge in [0, 0.05) is 11.8 Å². The maximum atomic E-state index is 11.8. The van der Waals surface area contributed by atoms with Gasteiger partial charge in [-0.05, 0) is 31.7 Å². The maximum absolute atomic E-state index is 11.8. The van der Waals surface area contributed by atoms with Crippen LogP contribution in [0.25, 0.3) is 0 Å². The molecule has 0 spiro atoms. The van der Waals surface area contributed by atoms with E-state index < -0.39 is 0 Å². The summed E-state index contributed by atoms with van der Waals surface area (Å²) >= 11 is 17.7. The van der Waals surface area contributed by atoms with Crippen LogP contribution in [0.3, 0.4) is 0 Å². The minimum absolute atomic E-state index is 0.186. The molecule has 1 aromatic rings. The first-order chi connectivity index (χ1) is 11.1. The highest BCUT2D eigenvalue weighted by atomic mass is 35.5. The van der Waals surface area contributed by atoms with Crippen LogP contribution in [0.5, 0.6) is 5.75 Å². The zero-order chi connectivity index (χ0) is 16.7. The average Bonchev–Trinajstić information content (AvgIpc) is 2.48. The van der Waals surface area contributed by atoms with Crippen molar-refractivity contribution in [3.8, 4) is 5.75 Å². The smallest absolute Gasteiger partial charge is 0.277 e. The minimum atomic E-state index is -0.332. The summed E-state index contributed by atoms with van der Waals surface area (Å²) in [5, 5.41) is 5.17. The fourth-order valence-electron chi connectivity index (χ4n) is 2.36.